The summed E-state index contributed by atoms with van der Waals surface area (Å²) in [6.07, 6.45) is 1.02. The number of anilines is 1. The molecule has 1 aromatic carbocycles. The molecule has 1 heterocycles. The van der Waals surface area contributed by atoms with E-state index in [1.165, 1.54) is 6.07 Å². The molecule has 18 heavy (non-hydrogen) atoms. The highest BCUT2D eigenvalue weighted by atomic mass is 19.1. The first-order chi connectivity index (χ1) is 8.72. The van der Waals surface area contributed by atoms with Crippen molar-refractivity contribution in [1.82, 2.24) is 10.3 Å². The number of nitrogens with zero attached hydrogens (tertiary/aromatic N) is 1. The molecule has 0 spiro atoms. The Kier molecular flexibility index (Phi) is 4.10. The van der Waals surface area contributed by atoms with E-state index in [1.54, 1.807) is 6.07 Å². The van der Waals surface area contributed by atoms with Crippen molar-refractivity contribution >= 4 is 16.6 Å². The van der Waals surface area contributed by atoms with Crippen molar-refractivity contribution in [2.75, 3.05) is 25.5 Å². The summed E-state index contributed by atoms with van der Waals surface area (Å²) in [5.74, 6) is -0.269. The van der Waals surface area contributed by atoms with Crippen LogP contribution in [0.1, 0.15) is 12.1 Å². The Bertz CT molecular complexity index is 540. The summed E-state index contributed by atoms with van der Waals surface area (Å²) in [7, 11) is 1.93. The van der Waals surface area contributed by atoms with Gasteiger partial charge in [-0.3, -0.25) is 0 Å². The molecule has 0 aliphatic rings. The number of rotatable bonds is 5. The average molecular weight is 247 g/mol. The third kappa shape index (κ3) is 2.76. The third-order valence-corrected chi connectivity index (χ3v) is 2.84. The van der Waals surface area contributed by atoms with Gasteiger partial charge in [0, 0.05) is 23.3 Å². The second kappa shape index (κ2) is 5.78. The molecule has 3 nitrogen and oxygen atoms in total. The molecule has 0 aliphatic heterocycles. The number of aryl methyl sites for hydroxylation is 1. The molecular formula is C14H18FN3. The van der Waals surface area contributed by atoms with Gasteiger partial charge in [-0.25, -0.2) is 9.37 Å². The number of hydrogen-bond donors (Lipinski definition) is 2. The number of halogens is 1. The van der Waals surface area contributed by atoms with Crippen LogP contribution in [0.3, 0.4) is 0 Å². The van der Waals surface area contributed by atoms with E-state index in [0.717, 1.165) is 36.3 Å². The van der Waals surface area contributed by atoms with Gasteiger partial charge in [0.15, 0.2) is 0 Å². The maximum absolute atomic E-state index is 13.7. The van der Waals surface area contributed by atoms with Gasteiger partial charge in [0.2, 0.25) is 0 Å². The Hall–Kier alpha value is -1.68. The Labute approximate surface area is 106 Å². The molecule has 4 heteroatoms. The van der Waals surface area contributed by atoms with Crippen LogP contribution < -0.4 is 10.6 Å². The summed E-state index contributed by atoms with van der Waals surface area (Å²) in [4.78, 5) is 4.25. The fourth-order valence-electron chi connectivity index (χ4n) is 1.98. The van der Waals surface area contributed by atoms with E-state index >= 15 is 0 Å². The zero-order valence-electron chi connectivity index (χ0n) is 10.8. The lowest BCUT2D eigenvalue weighted by Crippen LogP contribution is -2.13. The summed E-state index contributed by atoms with van der Waals surface area (Å²) < 4.78 is 13.7. The fourth-order valence-corrected chi connectivity index (χ4v) is 1.98. The van der Waals surface area contributed by atoms with Crippen LogP contribution in [0.15, 0.2) is 24.3 Å². The third-order valence-electron chi connectivity index (χ3n) is 2.84. The van der Waals surface area contributed by atoms with Crippen LogP contribution in [0.4, 0.5) is 10.1 Å². The van der Waals surface area contributed by atoms with Crippen molar-refractivity contribution in [3.05, 3.63) is 35.8 Å². The highest BCUT2D eigenvalue weighted by Gasteiger charge is 2.07. The number of benzene rings is 1. The Morgan fingerprint density at radius 3 is 2.89 bits per heavy atom. The minimum atomic E-state index is -0.269. The van der Waals surface area contributed by atoms with E-state index in [4.69, 9.17) is 0 Å². The van der Waals surface area contributed by atoms with Crippen molar-refractivity contribution in [2.45, 2.75) is 13.3 Å². The lowest BCUT2D eigenvalue weighted by molar-refractivity contribution is 0.636. The van der Waals surface area contributed by atoms with Gasteiger partial charge < -0.3 is 10.6 Å². The van der Waals surface area contributed by atoms with Gasteiger partial charge in [-0.1, -0.05) is 12.1 Å². The van der Waals surface area contributed by atoms with Crippen LogP contribution in [-0.4, -0.2) is 25.1 Å². The topological polar surface area (TPSA) is 37.0 Å². The SMILES string of the molecule is CNCCCNc1cc(C)nc2c(F)cccc12. The molecule has 0 saturated heterocycles. The van der Waals surface area contributed by atoms with Gasteiger partial charge in [0.1, 0.15) is 11.3 Å². The molecule has 2 rings (SSSR count). The summed E-state index contributed by atoms with van der Waals surface area (Å²) in [6, 6.07) is 7.01. The van der Waals surface area contributed by atoms with Crippen LogP contribution in [0.5, 0.6) is 0 Å². The highest BCUT2D eigenvalue weighted by Crippen LogP contribution is 2.24. The van der Waals surface area contributed by atoms with Crippen LogP contribution in [-0.2, 0) is 0 Å². The predicted molar refractivity (Wildman–Crippen MR) is 73.5 cm³/mol. The van der Waals surface area contributed by atoms with Crippen LogP contribution in [0.25, 0.3) is 10.9 Å². The van der Waals surface area contributed by atoms with Crippen molar-refractivity contribution in [2.24, 2.45) is 0 Å². The molecule has 0 bridgehead atoms. The van der Waals surface area contributed by atoms with Crippen LogP contribution in [0, 0.1) is 12.7 Å². The first-order valence-electron chi connectivity index (χ1n) is 6.16. The monoisotopic (exact) mass is 247 g/mol. The van der Waals surface area contributed by atoms with Crippen LogP contribution >= 0.6 is 0 Å². The van der Waals surface area contributed by atoms with Gasteiger partial charge >= 0.3 is 0 Å². The standard InChI is InChI=1S/C14H18FN3/c1-10-9-13(17-8-4-7-16-2)11-5-3-6-12(15)14(11)18-10/h3,5-6,9,16H,4,7-8H2,1-2H3,(H,17,18). The molecule has 0 amide bonds. The highest BCUT2D eigenvalue weighted by molar-refractivity contribution is 5.91. The van der Waals surface area contributed by atoms with E-state index in [2.05, 4.69) is 15.6 Å². The molecule has 0 radical (unpaired) electrons. The lowest BCUT2D eigenvalue weighted by atomic mass is 10.1. The Morgan fingerprint density at radius 1 is 1.28 bits per heavy atom. The maximum Gasteiger partial charge on any atom is 0.149 e. The maximum atomic E-state index is 13.7. The van der Waals surface area contributed by atoms with E-state index in [9.17, 15) is 4.39 Å². The molecule has 2 N–H and O–H groups in total. The average Bonchev–Trinajstić information content (AvgIpc) is 2.36. The van der Waals surface area contributed by atoms with Gasteiger partial charge in [-0.2, -0.15) is 0 Å². The van der Waals surface area contributed by atoms with Gasteiger partial charge in [-0.15, -0.1) is 0 Å². The van der Waals surface area contributed by atoms with E-state index < -0.39 is 0 Å². The lowest BCUT2D eigenvalue weighted by Gasteiger charge is -2.11. The van der Waals surface area contributed by atoms with Gasteiger partial charge in [0.05, 0.1) is 0 Å². The number of nitrogens with one attached hydrogen (secondary N) is 2. The Balaban J connectivity index is 2.29. The van der Waals surface area contributed by atoms with Crippen molar-refractivity contribution in [1.29, 1.82) is 0 Å². The predicted octanol–water partition coefficient (Wildman–Crippen LogP) is 2.70. The number of pyridine rings is 1. The van der Waals surface area contributed by atoms with Gasteiger partial charge in [-0.05, 0) is 39.1 Å². The molecule has 0 unspecified atom stereocenters. The normalized spacial score (nSPS) is 10.8. The second-order valence-electron chi connectivity index (χ2n) is 4.33. The summed E-state index contributed by atoms with van der Waals surface area (Å²) in [5, 5.41) is 7.28. The molecule has 0 atom stereocenters. The largest absolute Gasteiger partial charge is 0.384 e. The minimum Gasteiger partial charge on any atom is -0.384 e. The van der Waals surface area contributed by atoms with Crippen molar-refractivity contribution < 1.29 is 4.39 Å². The smallest absolute Gasteiger partial charge is 0.149 e. The zero-order chi connectivity index (χ0) is 13.0. The molecule has 0 fully saturated rings. The number of aromatic nitrogens is 1. The molecule has 96 valence electrons. The zero-order valence-corrected chi connectivity index (χ0v) is 10.8. The van der Waals surface area contributed by atoms with E-state index in [0.29, 0.717) is 5.52 Å². The quantitative estimate of drug-likeness (QED) is 0.798. The molecule has 0 saturated carbocycles. The van der Waals surface area contributed by atoms with Crippen molar-refractivity contribution in [3.8, 4) is 0 Å². The second-order valence-corrected chi connectivity index (χ2v) is 4.33. The first kappa shape index (κ1) is 12.8. The van der Waals surface area contributed by atoms with Crippen molar-refractivity contribution in [3.63, 3.8) is 0 Å². The Morgan fingerprint density at radius 2 is 2.11 bits per heavy atom. The number of para-hydroxylation sites is 1. The summed E-state index contributed by atoms with van der Waals surface area (Å²) in [5.41, 5.74) is 2.21. The molecule has 0 aliphatic carbocycles. The molecule has 1 aromatic heterocycles. The fraction of sp³-hybridized carbons (Fsp3) is 0.357. The molecular weight excluding hydrogens is 229 g/mol. The summed E-state index contributed by atoms with van der Waals surface area (Å²) in [6.45, 7) is 3.70. The number of hydrogen-bond acceptors (Lipinski definition) is 3. The van der Waals surface area contributed by atoms with Gasteiger partial charge in [0.25, 0.3) is 0 Å². The summed E-state index contributed by atoms with van der Waals surface area (Å²) >= 11 is 0. The molecule has 2 aromatic rings. The minimum absolute atomic E-state index is 0.269. The first-order valence-corrected chi connectivity index (χ1v) is 6.16. The number of fused-ring (bicyclic) bond motifs is 1. The van der Waals surface area contributed by atoms with E-state index in [-0.39, 0.29) is 5.82 Å². The van der Waals surface area contributed by atoms with Crippen LogP contribution in [0.2, 0.25) is 0 Å². The van der Waals surface area contributed by atoms with E-state index in [1.807, 2.05) is 26.1 Å².